The van der Waals surface area contributed by atoms with Crippen molar-refractivity contribution in [2.24, 2.45) is 11.5 Å². The number of halogens is 1. The average Bonchev–Trinajstić information content (AvgIpc) is 3.35. The summed E-state index contributed by atoms with van der Waals surface area (Å²) in [5.41, 5.74) is 13.3. The molecule has 0 saturated carbocycles. The Morgan fingerprint density at radius 3 is 2.68 bits per heavy atom. The van der Waals surface area contributed by atoms with Gasteiger partial charge in [0, 0.05) is 12.0 Å². The topological polar surface area (TPSA) is 123 Å². The minimum Gasteiger partial charge on any atom is -1.00 e. The van der Waals surface area contributed by atoms with Crippen LogP contribution in [0.3, 0.4) is 0 Å². The normalized spacial score (nSPS) is 18.1. The predicted octanol–water partition coefficient (Wildman–Crippen LogP) is -0.120. The first kappa shape index (κ1) is 24.9. The van der Waals surface area contributed by atoms with E-state index >= 15 is 0 Å². The van der Waals surface area contributed by atoms with Crippen LogP contribution in [-0.4, -0.2) is 45.0 Å². The molecule has 172 valence electrons. The fourth-order valence-corrected chi connectivity index (χ4v) is 3.84. The van der Waals surface area contributed by atoms with Gasteiger partial charge in [0.15, 0.2) is 6.04 Å². The molecule has 1 saturated heterocycles. The summed E-state index contributed by atoms with van der Waals surface area (Å²) in [5.74, 6) is 1.91. The summed E-state index contributed by atoms with van der Waals surface area (Å²) in [7, 11) is 0. The van der Waals surface area contributed by atoms with Gasteiger partial charge >= 0.3 is 5.96 Å². The predicted molar refractivity (Wildman–Crippen MR) is 115 cm³/mol. The summed E-state index contributed by atoms with van der Waals surface area (Å²) < 4.78 is 13.1. The number of aryl methyl sites for hydroxylation is 1. The second-order valence-corrected chi connectivity index (χ2v) is 8.04. The Labute approximate surface area is 190 Å². The molecule has 2 aromatic rings. The van der Waals surface area contributed by atoms with Crippen LogP contribution in [0.15, 0.2) is 22.7 Å². The smallest absolute Gasteiger partial charge is 0.341 e. The van der Waals surface area contributed by atoms with Crippen LogP contribution in [0.4, 0.5) is 0 Å². The lowest BCUT2D eigenvalue weighted by molar-refractivity contribution is -0.557. The number of nitrogens with zero attached hydrogens (tertiary/aromatic N) is 3. The number of β-amino-alcohol motifs (C(OH)–C–C–N with tert-alkyl or cyclic N) is 1. The van der Waals surface area contributed by atoms with E-state index in [1.165, 1.54) is 32.1 Å². The molecule has 1 aliphatic rings. The van der Waals surface area contributed by atoms with Crippen molar-refractivity contribution in [1.82, 2.24) is 10.1 Å². The number of unbranched alkanes of at least 4 members (excludes halogenated alkanes) is 5. The Morgan fingerprint density at radius 1 is 1.23 bits per heavy atom. The van der Waals surface area contributed by atoms with Gasteiger partial charge in [0.2, 0.25) is 5.82 Å². The van der Waals surface area contributed by atoms with Crippen molar-refractivity contribution >= 4 is 5.96 Å². The first-order valence-electron chi connectivity index (χ1n) is 10.9. The molecule has 9 heteroatoms. The zero-order valence-electron chi connectivity index (χ0n) is 18.4. The van der Waals surface area contributed by atoms with Crippen LogP contribution in [0.2, 0.25) is 0 Å². The fraction of sp³-hybridized carbons (Fsp3) is 0.591. The van der Waals surface area contributed by atoms with Crippen LogP contribution in [0.1, 0.15) is 69.4 Å². The van der Waals surface area contributed by atoms with E-state index in [2.05, 4.69) is 17.1 Å². The van der Waals surface area contributed by atoms with Crippen LogP contribution >= 0.6 is 0 Å². The standard InChI is InChI=1S/C22H33N5O3.ClH/c1-3-4-5-6-7-8-11-29-19-10-9-16(12-15(19)2)20-25-21(30-26-20)18-13-17(28)14-27(18)22(23)24;/h9-10,12,17-18,28H,3-8,11,13-14H2,1-2H3,(H3,23,24);1H/t17-,18+;/m1./s1. The molecule has 0 radical (unpaired) electrons. The summed E-state index contributed by atoms with van der Waals surface area (Å²) in [6.45, 7) is 5.33. The molecule has 31 heavy (non-hydrogen) atoms. The molecule has 0 amide bonds. The van der Waals surface area contributed by atoms with Gasteiger partial charge in [0.1, 0.15) is 5.75 Å². The number of guanidine groups is 1. The Morgan fingerprint density at radius 2 is 1.97 bits per heavy atom. The number of hydrogen-bond donors (Lipinski definition) is 3. The summed E-state index contributed by atoms with van der Waals surface area (Å²) in [6.07, 6.45) is 7.37. The van der Waals surface area contributed by atoms with Gasteiger partial charge in [-0.3, -0.25) is 16.0 Å². The third-order valence-electron chi connectivity index (χ3n) is 5.53. The number of aromatic nitrogens is 2. The molecule has 8 nitrogen and oxygen atoms in total. The van der Waals surface area contributed by atoms with E-state index < -0.39 is 6.10 Å². The van der Waals surface area contributed by atoms with Crippen LogP contribution in [-0.2, 0) is 0 Å². The molecule has 3 rings (SSSR count). The van der Waals surface area contributed by atoms with E-state index in [0.29, 0.717) is 24.7 Å². The van der Waals surface area contributed by atoms with Gasteiger partial charge in [0.25, 0.3) is 5.89 Å². The molecular weight excluding hydrogens is 418 g/mol. The number of ether oxygens (including phenoxy) is 1. The minimum atomic E-state index is -0.530. The van der Waals surface area contributed by atoms with Crippen LogP contribution in [0.25, 0.3) is 11.4 Å². The molecule has 2 atom stereocenters. The van der Waals surface area contributed by atoms with Crippen molar-refractivity contribution in [3.63, 3.8) is 0 Å². The number of benzene rings is 1. The van der Waals surface area contributed by atoms with Crippen molar-refractivity contribution < 1.29 is 31.3 Å². The fourth-order valence-electron chi connectivity index (χ4n) is 3.84. The van der Waals surface area contributed by atoms with Gasteiger partial charge in [-0.25, -0.2) is 0 Å². The highest BCUT2D eigenvalue weighted by Crippen LogP contribution is 2.30. The van der Waals surface area contributed by atoms with Crippen molar-refractivity contribution in [2.75, 3.05) is 13.2 Å². The zero-order chi connectivity index (χ0) is 21.5. The Bertz CT molecular complexity index is 867. The summed E-state index contributed by atoms with van der Waals surface area (Å²) in [5, 5.41) is 14.0. The summed E-state index contributed by atoms with van der Waals surface area (Å²) in [6, 6.07) is 5.57. The van der Waals surface area contributed by atoms with E-state index in [1.807, 2.05) is 25.1 Å². The first-order valence-corrected chi connectivity index (χ1v) is 10.9. The largest absolute Gasteiger partial charge is 1.00 e. The Hall–Kier alpha value is -2.32. The van der Waals surface area contributed by atoms with Crippen LogP contribution < -0.4 is 28.6 Å². The quantitative estimate of drug-likeness (QED) is 0.261. The molecule has 1 aromatic heterocycles. The second kappa shape index (κ2) is 11.9. The highest BCUT2D eigenvalue weighted by atomic mass is 35.5. The SMILES string of the molecule is CCCCCCCCOc1ccc(-c2noc([C@@H]3C[C@@H](O)C[N+]3=C(N)N)n2)cc1C.[Cl-]. The third kappa shape index (κ3) is 6.58. The van der Waals surface area contributed by atoms with Gasteiger partial charge < -0.3 is 26.8 Å². The number of hydrogen-bond acceptors (Lipinski definition) is 5. The van der Waals surface area contributed by atoms with Gasteiger partial charge in [-0.2, -0.15) is 4.98 Å². The van der Waals surface area contributed by atoms with Crippen molar-refractivity contribution in [1.29, 1.82) is 0 Å². The number of aliphatic hydroxyl groups excluding tert-OH is 1. The molecule has 0 unspecified atom stereocenters. The van der Waals surface area contributed by atoms with E-state index in [1.54, 1.807) is 4.58 Å². The molecule has 1 aliphatic heterocycles. The number of nitrogens with two attached hydrogens (primary N) is 2. The van der Waals surface area contributed by atoms with Gasteiger partial charge in [-0.1, -0.05) is 44.2 Å². The lowest BCUT2D eigenvalue weighted by Gasteiger charge is -2.10. The monoisotopic (exact) mass is 451 g/mol. The molecule has 1 fully saturated rings. The maximum Gasteiger partial charge on any atom is 0.341 e. The van der Waals surface area contributed by atoms with Crippen molar-refractivity contribution in [3.05, 3.63) is 29.7 Å². The molecule has 0 aliphatic carbocycles. The zero-order valence-corrected chi connectivity index (χ0v) is 19.1. The third-order valence-corrected chi connectivity index (χ3v) is 5.53. The van der Waals surface area contributed by atoms with E-state index in [9.17, 15) is 5.11 Å². The maximum atomic E-state index is 9.94. The van der Waals surface area contributed by atoms with Gasteiger partial charge in [-0.05, 0) is 37.1 Å². The lowest BCUT2D eigenvalue weighted by atomic mass is 10.1. The van der Waals surface area contributed by atoms with Gasteiger partial charge in [0.05, 0.1) is 19.3 Å². The first-order chi connectivity index (χ1) is 14.5. The molecular formula is C22H34ClN5O3. The Kier molecular flexibility index (Phi) is 9.58. The van der Waals surface area contributed by atoms with Crippen molar-refractivity contribution in [2.45, 2.75) is 70.9 Å². The minimum absolute atomic E-state index is 0. The molecule has 5 N–H and O–H groups in total. The molecule has 1 aromatic carbocycles. The van der Waals surface area contributed by atoms with E-state index in [4.69, 9.17) is 20.7 Å². The summed E-state index contributed by atoms with van der Waals surface area (Å²) >= 11 is 0. The Balaban J connectivity index is 0.00000341. The summed E-state index contributed by atoms with van der Waals surface area (Å²) in [4.78, 5) is 4.52. The molecule has 0 spiro atoms. The lowest BCUT2D eigenvalue weighted by Crippen LogP contribution is -3.00. The average molecular weight is 452 g/mol. The van der Waals surface area contributed by atoms with Crippen LogP contribution in [0, 0.1) is 6.92 Å². The van der Waals surface area contributed by atoms with Crippen molar-refractivity contribution in [3.8, 4) is 17.1 Å². The highest BCUT2D eigenvalue weighted by Gasteiger charge is 2.36. The van der Waals surface area contributed by atoms with Gasteiger partial charge in [-0.15, -0.1) is 0 Å². The molecule has 2 heterocycles. The number of rotatable bonds is 10. The van der Waals surface area contributed by atoms with E-state index in [-0.39, 0.29) is 24.4 Å². The van der Waals surface area contributed by atoms with Crippen LogP contribution in [0.5, 0.6) is 5.75 Å². The second-order valence-electron chi connectivity index (χ2n) is 8.04. The highest BCUT2D eigenvalue weighted by molar-refractivity contribution is 5.70. The maximum absolute atomic E-state index is 9.94. The number of aliphatic hydroxyl groups is 1. The van der Waals surface area contributed by atoms with E-state index in [0.717, 1.165) is 29.9 Å². The molecule has 0 bridgehead atoms.